The van der Waals surface area contributed by atoms with E-state index in [1.54, 1.807) is 39.0 Å². The van der Waals surface area contributed by atoms with Crippen molar-refractivity contribution in [3.63, 3.8) is 0 Å². The fraction of sp³-hybridized carbons (Fsp3) is 0.462. The zero-order valence-corrected chi connectivity index (χ0v) is 21.4. The SMILES string of the molecule is C[C@@H]([C@H](C(=O)Nc1cc(CC2(C(=O)OC(C)(C)C)CC2)ccc1Cl)c1ccc(Cl)cc1)C(F)(F)F. The first kappa shape index (κ1) is 27.3. The van der Waals surface area contributed by atoms with Gasteiger partial charge in [-0.1, -0.05) is 48.3 Å². The second-order valence-electron chi connectivity index (χ2n) is 10.1. The molecular weight excluding hydrogens is 502 g/mol. The van der Waals surface area contributed by atoms with E-state index in [1.807, 2.05) is 0 Å². The number of anilines is 1. The van der Waals surface area contributed by atoms with Gasteiger partial charge in [0.15, 0.2) is 0 Å². The summed E-state index contributed by atoms with van der Waals surface area (Å²) < 4.78 is 46.4. The lowest BCUT2D eigenvalue weighted by molar-refractivity contribution is -0.178. The van der Waals surface area contributed by atoms with E-state index in [9.17, 15) is 22.8 Å². The van der Waals surface area contributed by atoms with Crippen molar-refractivity contribution in [2.24, 2.45) is 11.3 Å². The number of carbonyl (C=O) groups excluding carboxylic acids is 2. The second-order valence-corrected chi connectivity index (χ2v) is 11.0. The Morgan fingerprint density at radius 3 is 2.17 bits per heavy atom. The molecule has 190 valence electrons. The standard InChI is InChI=1S/C26H28Cl2F3NO3/c1-15(26(29,30)31)21(17-6-8-18(27)9-7-17)22(33)32-20-13-16(5-10-19(20)28)14-25(11-12-25)23(34)35-24(2,3)4/h5-10,13,15,21H,11-12,14H2,1-4H3,(H,32,33)/t15-,21-/m0/s1. The molecule has 0 aromatic heterocycles. The Labute approximate surface area is 213 Å². The minimum atomic E-state index is -4.60. The molecule has 0 spiro atoms. The Hall–Kier alpha value is -2.25. The third-order valence-electron chi connectivity index (χ3n) is 6.04. The average Bonchev–Trinajstić information content (AvgIpc) is 3.51. The third kappa shape index (κ3) is 6.91. The van der Waals surface area contributed by atoms with Crippen LogP contribution in [-0.4, -0.2) is 23.7 Å². The largest absolute Gasteiger partial charge is 0.460 e. The minimum absolute atomic E-state index is 0.179. The molecule has 0 saturated heterocycles. The van der Waals surface area contributed by atoms with E-state index in [4.69, 9.17) is 27.9 Å². The summed E-state index contributed by atoms with van der Waals surface area (Å²) >= 11 is 12.1. The number of nitrogens with one attached hydrogen (secondary N) is 1. The first-order chi connectivity index (χ1) is 16.1. The molecule has 0 aliphatic heterocycles. The summed E-state index contributed by atoms with van der Waals surface area (Å²) in [7, 11) is 0. The molecule has 35 heavy (non-hydrogen) atoms. The highest BCUT2D eigenvalue weighted by molar-refractivity contribution is 6.33. The van der Waals surface area contributed by atoms with Crippen molar-refractivity contribution in [1.82, 2.24) is 0 Å². The highest BCUT2D eigenvalue weighted by Gasteiger charge is 2.52. The Bertz CT molecular complexity index is 1090. The maximum Gasteiger partial charge on any atom is 0.392 e. The number of hydrogen-bond donors (Lipinski definition) is 1. The van der Waals surface area contributed by atoms with Crippen LogP contribution in [0.1, 0.15) is 57.6 Å². The van der Waals surface area contributed by atoms with E-state index in [0.717, 1.165) is 12.5 Å². The van der Waals surface area contributed by atoms with E-state index in [-0.39, 0.29) is 22.2 Å². The second kappa shape index (κ2) is 10.0. The predicted molar refractivity (Wildman–Crippen MR) is 131 cm³/mol. The first-order valence-electron chi connectivity index (χ1n) is 11.3. The van der Waals surface area contributed by atoms with Gasteiger partial charge < -0.3 is 10.1 Å². The normalized spacial score (nSPS) is 16.8. The van der Waals surface area contributed by atoms with Gasteiger partial charge in [-0.2, -0.15) is 13.2 Å². The Balaban J connectivity index is 1.84. The van der Waals surface area contributed by atoms with Crippen LogP contribution in [0.3, 0.4) is 0 Å². The first-order valence-corrected chi connectivity index (χ1v) is 12.0. The molecule has 4 nitrogen and oxygen atoms in total. The fourth-order valence-electron chi connectivity index (χ4n) is 3.90. The smallest absolute Gasteiger partial charge is 0.392 e. The van der Waals surface area contributed by atoms with E-state index in [0.29, 0.717) is 24.3 Å². The van der Waals surface area contributed by atoms with Gasteiger partial charge in [0, 0.05) is 5.02 Å². The molecule has 1 saturated carbocycles. The summed E-state index contributed by atoms with van der Waals surface area (Å²) in [5.74, 6) is -4.59. The molecule has 1 fully saturated rings. The van der Waals surface area contributed by atoms with Gasteiger partial charge >= 0.3 is 12.1 Å². The van der Waals surface area contributed by atoms with Crippen molar-refractivity contribution in [3.8, 4) is 0 Å². The topological polar surface area (TPSA) is 55.4 Å². The number of rotatable bonds is 7. The summed E-state index contributed by atoms with van der Waals surface area (Å²) in [4.78, 5) is 25.8. The van der Waals surface area contributed by atoms with Crippen LogP contribution in [0.15, 0.2) is 42.5 Å². The molecule has 1 amide bonds. The van der Waals surface area contributed by atoms with Crippen LogP contribution in [0.2, 0.25) is 10.0 Å². The molecule has 0 bridgehead atoms. The van der Waals surface area contributed by atoms with Crippen LogP contribution in [0, 0.1) is 11.3 Å². The molecule has 0 unspecified atom stereocenters. The van der Waals surface area contributed by atoms with E-state index < -0.39 is 34.9 Å². The van der Waals surface area contributed by atoms with Crippen LogP contribution < -0.4 is 5.32 Å². The molecule has 2 aromatic carbocycles. The molecular formula is C26H28Cl2F3NO3. The molecule has 1 aliphatic carbocycles. The monoisotopic (exact) mass is 529 g/mol. The maximum atomic E-state index is 13.6. The average molecular weight is 530 g/mol. The lowest BCUT2D eigenvalue weighted by Crippen LogP contribution is -2.34. The van der Waals surface area contributed by atoms with Crippen molar-refractivity contribution in [3.05, 3.63) is 63.6 Å². The van der Waals surface area contributed by atoms with Gasteiger partial charge in [0.2, 0.25) is 5.91 Å². The highest BCUT2D eigenvalue weighted by Crippen LogP contribution is 2.50. The zero-order valence-electron chi connectivity index (χ0n) is 19.9. The van der Waals surface area contributed by atoms with Gasteiger partial charge in [-0.15, -0.1) is 0 Å². The number of carbonyl (C=O) groups is 2. The quantitative estimate of drug-likeness (QED) is 0.376. The molecule has 1 aliphatic rings. The zero-order chi connectivity index (χ0) is 26.2. The molecule has 0 heterocycles. The molecule has 0 radical (unpaired) electrons. The van der Waals surface area contributed by atoms with Crippen molar-refractivity contribution in [2.75, 3.05) is 5.32 Å². The highest BCUT2D eigenvalue weighted by atomic mass is 35.5. The van der Waals surface area contributed by atoms with Crippen molar-refractivity contribution in [1.29, 1.82) is 0 Å². The van der Waals surface area contributed by atoms with Gasteiger partial charge in [-0.3, -0.25) is 9.59 Å². The minimum Gasteiger partial charge on any atom is -0.460 e. The lowest BCUT2D eigenvalue weighted by Gasteiger charge is -2.26. The number of esters is 1. The summed E-state index contributed by atoms with van der Waals surface area (Å²) in [5.41, 5.74) is -0.162. The Kier molecular flexibility index (Phi) is 7.82. The maximum absolute atomic E-state index is 13.6. The third-order valence-corrected chi connectivity index (χ3v) is 6.63. The molecule has 2 atom stereocenters. The molecule has 3 rings (SSSR count). The number of alkyl halides is 3. The van der Waals surface area contributed by atoms with E-state index >= 15 is 0 Å². The summed E-state index contributed by atoms with van der Waals surface area (Å²) in [5, 5.41) is 3.10. The van der Waals surface area contributed by atoms with E-state index in [1.165, 1.54) is 24.3 Å². The van der Waals surface area contributed by atoms with Crippen LogP contribution >= 0.6 is 23.2 Å². The number of benzene rings is 2. The van der Waals surface area contributed by atoms with Crippen LogP contribution in [0.4, 0.5) is 18.9 Å². The molecule has 1 N–H and O–H groups in total. The molecule has 9 heteroatoms. The lowest BCUT2D eigenvalue weighted by atomic mass is 9.85. The van der Waals surface area contributed by atoms with Crippen LogP contribution in [0.25, 0.3) is 0 Å². The number of amides is 1. The van der Waals surface area contributed by atoms with Gasteiger partial charge in [0.1, 0.15) is 5.60 Å². The van der Waals surface area contributed by atoms with Gasteiger partial charge in [0.05, 0.1) is 28.0 Å². The Morgan fingerprint density at radius 2 is 1.66 bits per heavy atom. The summed E-state index contributed by atoms with van der Waals surface area (Å²) in [6.45, 7) is 6.37. The van der Waals surface area contributed by atoms with Gasteiger partial charge in [-0.05, 0) is 75.4 Å². The number of hydrogen-bond acceptors (Lipinski definition) is 3. The number of ether oxygens (including phenoxy) is 1. The summed E-state index contributed by atoms with van der Waals surface area (Å²) in [6.07, 6.45) is -2.87. The van der Waals surface area contributed by atoms with Crippen LogP contribution in [-0.2, 0) is 20.7 Å². The fourth-order valence-corrected chi connectivity index (χ4v) is 4.19. The number of halogens is 5. The van der Waals surface area contributed by atoms with Gasteiger partial charge in [-0.25, -0.2) is 0 Å². The van der Waals surface area contributed by atoms with Gasteiger partial charge in [0.25, 0.3) is 0 Å². The molecule has 2 aromatic rings. The van der Waals surface area contributed by atoms with E-state index in [2.05, 4.69) is 5.32 Å². The summed E-state index contributed by atoms with van der Waals surface area (Å²) in [6, 6.07) is 10.6. The Morgan fingerprint density at radius 1 is 1.06 bits per heavy atom. The van der Waals surface area contributed by atoms with Crippen LogP contribution in [0.5, 0.6) is 0 Å². The van der Waals surface area contributed by atoms with Crippen molar-refractivity contribution in [2.45, 2.75) is 64.7 Å². The predicted octanol–water partition coefficient (Wildman–Crippen LogP) is 7.58. The van der Waals surface area contributed by atoms with Crippen molar-refractivity contribution >= 4 is 40.8 Å². The van der Waals surface area contributed by atoms with Crippen molar-refractivity contribution < 1.29 is 27.5 Å².